The molecule has 2 heterocycles. The highest BCUT2D eigenvalue weighted by Crippen LogP contribution is 2.35. The number of sulfonamides is 1. The van der Waals surface area contributed by atoms with Gasteiger partial charge in [0.25, 0.3) is 0 Å². The Hall–Kier alpha value is -2.85. The SMILES string of the molecule is O=C(C1CCCN1S(=O)(=O)c1ccc(F)cc1)N(Cc1ccccc1)c1nc2c(Cl)cccc2s1. The first-order chi connectivity index (χ1) is 16.8. The van der Waals surface area contributed by atoms with Gasteiger partial charge in [-0.05, 0) is 54.8 Å². The molecule has 10 heteroatoms. The zero-order valence-electron chi connectivity index (χ0n) is 18.5. The Labute approximate surface area is 211 Å². The molecule has 5 rings (SSSR count). The standard InChI is InChI=1S/C25H21ClFN3O3S2/c26-20-8-4-10-22-23(20)28-25(34-22)29(16-17-6-2-1-3-7-17)24(31)21-9-5-15-30(21)35(32,33)19-13-11-18(27)12-14-19/h1-4,6-8,10-14,21H,5,9,15-16H2. The van der Waals surface area contributed by atoms with Gasteiger partial charge in [0.15, 0.2) is 5.13 Å². The number of carbonyl (C=O) groups is 1. The van der Waals surface area contributed by atoms with Crippen LogP contribution in [0.2, 0.25) is 5.02 Å². The lowest BCUT2D eigenvalue weighted by Crippen LogP contribution is -2.47. The van der Waals surface area contributed by atoms with Crippen molar-refractivity contribution in [3.63, 3.8) is 0 Å². The van der Waals surface area contributed by atoms with Crippen molar-refractivity contribution >= 4 is 54.2 Å². The van der Waals surface area contributed by atoms with E-state index in [-0.39, 0.29) is 23.9 Å². The van der Waals surface area contributed by atoms with E-state index < -0.39 is 21.9 Å². The lowest BCUT2D eigenvalue weighted by atomic mass is 10.1. The Bertz CT molecular complexity index is 1480. The molecule has 1 aliphatic rings. The fraction of sp³-hybridized carbons (Fsp3) is 0.200. The van der Waals surface area contributed by atoms with E-state index in [4.69, 9.17) is 11.6 Å². The quantitative estimate of drug-likeness (QED) is 0.332. The molecule has 1 aromatic heterocycles. The summed E-state index contributed by atoms with van der Waals surface area (Å²) in [5.41, 5.74) is 1.49. The molecule has 1 fully saturated rings. The van der Waals surface area contributed by atoms with Crippen LogP contribution in [0.1, 0.15) is 18.4 Å². The van der Waals surface area contributed by atoms with E-state index in [2.05, 4.69) is 4.98 Å². The lowest BCUT2D eigenvalue weighted by Gasteiger charge is -2.28. The molecular weight excluding hydrogens is 509 g/mol. The average Bonchev–Trinajstić information content (AvgIpc) is 3.52. The van der Waals surface area contributed by atoms with Crippen LogP contribution in [0.15, 0.2) is 77.7 Å². The van der Waals surface area contributed by atoms with Crippen LogP contribution in [0.3, 0.4) is 0 Å². The highest BCUT2D eigenvalue weighted by Gasteiger charge is 2.42. The van der Waals surface area contributed by atoms with Crippen LogP contribution in [-0.2, 0) is 21.4 Å². The van der Waals surface area contributed by atoms with E-state index in [1.54, 1.807) is 11.0 Å². The average molecular weight is 530 g/mol. The Balaban J connectivity index is 1.53. The van der Waals surface area contributed by atoms with Crippen LogP contribution >= 0.6 is 22.9 Å². The second kappa shape index (κ2) is 9.66. The van der Waals surface area contributed by atoms with Gasteiger partial charge in [-0.1, -0.05) is 59.3 Å². The number of thiazole rings is 1. The van der Waals surface area contributed by atoms with Crippen molar-refractivity contribution in [3.8, 4) is 0 Å². The van der Waals surface area contributed by atoms with Gasteiger partial charge in [-0.25, -0.2) is 17.8 Å². The molecule has 3 aromatic carbocycles. The number of amides is 1. The molecule has 180 valence electrons. The minimum absolute atomic E-state index is 0.0417. The van der Waals surface area contributed by atoms with Gasteiger partial charge in [0.05, 0.1) is 21.2 Å². The van der Waals surface area contributed by atoms with Crippen molar-refractivity contribution in [2.24, 2.45) is 0 Å². The number of nitrogens with zero attached hydrogens (tertiary/aromatic N) is 3. The van der Waals surface area contributed by atoms with Crippen molar-refractivity contribution in [1.29, 1.82) is 0 Å². The first kappa shape index (κ1) is 23.9. The van der Waals surface area contributed by atoms with Crippen molar-refractivity contribution in [2.45, 2.75) is 30.3 Å². The Morgan fingerprint density at radius 3 is 2.54 bits per heavy atom. The molecule has 0 radical (unpaired) electrons. The number of hydrogen-bond donors (Lipinski definition) is 0. The van der Waals surface area contributed by atoms with E-state index in [0.29, 0.717) is 28.5 Å². The van der Waals surface area contributed by atoms with Gasteiger partial charge >= 0.3 is 0 Å². The summed E-state index contributed by atoms with van der Waals surface area (Å²) in [5, 5.41) is 0.937. The molecule has 6 nitrogen and oxygen atoms in total. The topological polar surface area (TPSA) is 70.6 Å². The predicted molar refractivity (Wildman–Crippen MR) is 136 cm³/mol. The normalized spacial score (nSPS) is 16.6. The van der Waals surface area contributed by atoms with Crippen LogP contribution in [0, 0.1) is 5.82 Å². The zero-order chi connectivity index (χ0) is 24.6. The molecule has 1 saturated heterocycles. The maximum Gasteiger partial charge on any atom is 0.247 e. The molecule has 1 atom stereocenters. The lowest BCUT2D eigenvalue weighted by molar-refractivity contribution is -0.121. The number of aromatic nitrogens is 1. The molecule has 0 aliphatic carbocycles. The molecule has 0 N–H and O–H groups in total. The number of fused-ring (bicyclic) bond motifs is 1. The minimum atomic E-state index is -3.99. The smallest absolute Gasteiger partial charge is 0.247 e. The van der Waals surface area contributed by atoms with Crippen LogP contribution < -0.4 is 4.90 Å². The molecule has 0 saturated carbocycles. The van der Waals surface area contributed by atoms with Crippen molar-refractivity contribution < 1.29 is 17.6 Å². The van der Waals surface area contributed by atoms with E-state index >= 15 is 0 Å². The number of halogens is 2. The number of benzene rings is 3. The highest BCUT2D eigenvalue weighted by atomic mass is 35.5. The molecule has 1 unspecified atom stereocenters. The highest BCUT2D eigenvalue weighted by molar-refractivity contribution is 7.89. The van der Waals surface area contributed by atoms with E-state index in [0.717, 1.165) is 22.4 Å². The zero-order valence-corrected chi connectivity index (χ0v) is 20.9. The number of hydrogen-bond acceptors (Lipinski definition) is 5. The molecule has 0 bridgehead atoms. The van der Waals surface area contributed by atoms with Crippen LogP contribution in [0.5, 0.6) is 0 Å². The molecular formula is C25H21ClFN3O3S2. The summed E-state index contributed by atoms with van der Waals surface area (Å²) in [5.74, 6) is -0.881. The number of para-hydroxylation sites is 1. The summed E-state index contributed by atoms with van der Waals surface area (Å²) in [7, 11) is -3.99. The monoisotopic (exact) mass is 529 g/mol. The first-order valence-corrected chi connectivity index (χ1v) is 13.7. The van der Waals surface area contributed by atoms with Crippen molar-refractivity contribution in [2.75, 3.05) is 11.4 Å². The minimum Gasteiger partial charge on any atom is -0.282 e. The van der Waals surface area contributed by atoms with Crippen molar-refractivity contribution in [3.05, 3.63) is 89.2 Å². The second-order valence-corrected chi connectivity index (χ2v) is 11.5. The van der Waals surface area contributed by atoms with Gasteiger partial charge in [-0.2, -0.15) is 4.31 Å². The van der Waals surface area contributed by atoms with Gasteiger partial charge < -0.3 is 0 Å². The maximum absolute atomic E-state index is 13.9. The molecule has 1 amide bonds. The van der Waals surface area contributed by atoms with Gasteiger partial charge in [-0.15, -0.1) is 0 Å². The molecule has 0 spiro atoms. The molecule has 35 heavy (non-hydrogen) atoms. The third-order valence-electron chi connectivity index (χ3n) is 5.95. The van der Waals surface area contributed by atoms with Crippen LogP contribution in [0.25, 0.3) is 10.2 Å². The summed E-state index contributed by atoms with van der Waals surface area (Å²) in [4.78, 5) is 20.1. The third kappa shape index (κ3) is 4.69. The Morgan fingerprint density at radius 2 is 1.83 bits per heavy atom. The summed E-state index contributed by atoms with van der Waals surface area (Å²) in [6.45, 7) is 0.443. The Kier molecular flexibility index (Phi) is 6.59. The fourth-order valence-corrected chi connectivity index (χ4v) is 7.14. The van der Waals surface area contributed by atoms with Gasteiger partial charge in [0, 0.05) is 6.54 Å². The summed E-state index contributed by atoms with van der Waals surface area (Å²) in [6, 6.07) is 18.7. The number of anilines is 1. The maximum atomic E-state index is 13.9. The van der Waals surface area contributed by atoms with Crippen LogP contribution in [-0.4, -0.2) is 36.2 Å². The van der Waals surface area contributed by atoms with Gasteiger partial charge in [0.2, 0.25) is 15.9 Å². The Morgan fingerprint density at radius 1 is 1.09 bits per heavy atom. The molecule has 4 aromatic rings. The summed E-state index contributed by atoms with van der Waals surface area (Å²) in [6.07, 6.45) is 0.928. The van der Waals surface area contributed by atoms with Crippen molar-refractivity contribution in [1.82, 2.24) is 9.29 Å². The second-order valence-electron chi connectivity index (χ2n) is 8.22. The summed E-state index contributed by atoms with van der Waals surface area (Å²) < 4.78 is 42.2. The van der Waals surface area contributed by atoms with E-state index in [9.17, 15) is 17.6 Å². The van der Waals surface area contributed by atoms with Crippen LogP contribution in [0.4, 0.5) is 9.52 Å². The summed E-state index contributed by atoms with van der Waals surface area (Å²) >= 11 is 7.66. The largest absolute Gasteiger partial charge is 0.282 e. The predicted octanol–water partition coefficient (Wildman–Crippen LogP) is 5.48. The fourth-order valence-electron chi connectivity index (χ4n) is 4.22. The number of rotatable bonds is 6. The third-order valence-corrected chi connectivity index (χ3v) is 9.22. The number of carbonyl (C=O) groups excluding carboxylic acids is 1. The van der Waals surface area contributed by atoms with E-state index in [1.807, 2.05) is 42.5 Å². The van der Waals surface area contributed by atoms with Gasteiger partial charge in [0.1, 0.15) is 17.4 Å². The van der Waals surface area contributed by atoms with E-state index in [1.165, 1.54) is 27.8 Å². The van der Waals surface area contributed by atoms with Gasteiger partial charge in [-0.3, -0.25) is 9.69 Å². The first-order valence-electron chi connectivity index (χ1n) is 11.0. The molecule has 1 aliphatic heterocycles.